The van der Waals surface area contributed by atoms with Crippen molar-refractivity contribution in [2.45, 2.75) is 19.8 Å². The van der Waals surface area contributed by atoms with Gasteiger partial charge in [-0.2, -0.15) is 0 Å². The first-order valence-electron chi connectivity index (χ1n) is 4.61. The summed E-state index contributed by atoms with van der Waals surface area (Å²) in [6.07, 6.45) is 8.85. The van der Waals surface area contributed by atoms with Crippen LogP contribution in [0.5, 0.6) is 0 Å². The molecule has 0 spiro atoms. The summed E-state index contributed by atoms with van der Waals surface area (Å²) in [5.41, 5.74) is 1.26. The zero-order valence-electron chi connectivity index (χ0n) is 7.66. The first-order valence-corrected chi connectivity index (χ1v) is 4.61. The Morgan fingerprint density at radius 2 is 2.33 bits per heavy atom. The second-order valence-corrected chi connectivity index (χ2v) is 2.91. The third kappa shape index (κ3) is 2.38. The SMILES string of the molecule is CCN(CCO)C1=CCCC=C1. The average Bonchev–Trinajstić information content (AvgIpc) is 2.15. The van der Waals surface area contributed by atoms with Gasteiger partial charge in [0, 0.05) is 18.8 Å². The minimum absolute atomic E-state index is 0.235. The lowest BCUT2D eigenvalue weighted by atomic mass is 10.1. The van der Waals surface area contributed by atoms with Gasteiger partial charge in [-0.05, 0) is 25.8 Å². The lowest BCUT2D eigenvalue weighted by Crippen LogP contribution is -2.25. The maximum absolute atomic E-state index is 8.81. The van der Waals surface area contributed by atoms with Crippen LogP contribution in [0.1, 0.15) is 19.8 Å². The second kappa shape index (κ2) is 4.99. The van der Waals surface area contributed by atoms with E-state index in [1.165, 1.54) is 5.70 Å². The molecule has 0 aromatic carbocycles. The molecule has 0 radical (unpaired) electrons. The van der Waals surface area contributed by atoms with E-state index in [4.69, 9.17) is 5.11 Å². The van der Waals surface area contributed by atoms with E-state index in [1.807, 2.05) is 0 Å². The Morgan fingerprint density at radius 1 is 1.50 bits per heavy atom. The Kier molecular flexibility index (Phi) is 3.88. The second-order valence-electron chi connectivity index (χ2n) is 2.91. The molecule has 0 bridgehead atoms. The van der Waals surface area contributed by atoms with Crippen molar-refractivity contribution in [1.82, 2.24) is 4.90 Å². The van der Waals surface area contributed by atoms with Gasteiger partial charge in [0.1, 0.15) is 0 Å². The standard InChI is InChI=1S/C10H17NO/c1-2-11(8-9-12)10-6-4-3-5-7-10/h4,6-7,12H,2-3,5,8-9H2,1H3. The summed E-state index contributed by atoms with van der Waals surface area (Å²) in [5, 5.41) is 8.81. The first-order chi connectivity index (χ1) is 5.88. The van der Waals surface area contributed by atoms with Crippen LogP contribution in [-0.2, 0) is 0 Å². The Bertz CT molecular complexity index is 184. The predicted octanol–water partition coefficient (Wildman–Crippen LogP) is 1.53. The lowest BCUT2D eigenvalue weighted by molar-refractivity contribution is 0.234. The molecule has 1 aliphatic rings. The van der Waals surface area contributed by atoms with E-state index in [9.17, 15) is 0 Å². The molecule has 0 unspecified atom stereocenters. The quantitative estimate of drug-likeness (QED) is 0.686. The third-order valence-electron chi connectivity index (χ3n) is 2.09. The molecule has 0 saturated heterocycles. The highest BCUT2D eigenvalue weighted by Crippen LogP contribution is 2.13. The molecule has 2 nitrogen and oxygen atoms in total. The zero-order chi connectivity index (χ0) is 8.81. The molecule has 12 heavy (non-hydrogen) atoms. The summed E-state index contributed by atoms with van der Waals surface area (Å²) in [6.45, 7) is 4.06. The first kappa shape index (κ1) is 9.33. The number of aliphatic hydroxyl groups is 1. The van der Waals surface area contributed by atoms with Gasteiger partial charge in [-0.25, -0.2) is 0 Å². The van der Waals surface area contributed by atoms with Crippen molar-refractivity contribution in [3.63, 3.8) is 0 Å². The lowest BCUT2D eigenvalue weighted by Gasteiger charge is -2.24. The molecule has 1 aliphatic carbocycles. The van der Waals surface area contributed by atoms with Crippen molar-refractivity contribution in [3.05, 3.63) is 23.9 Å². The van der Waals surface area contributed by atoms with Gasteiger partial charge in [-0.15, -0.1) is 0 Å². The van der Waals surface area contributed by atoms with E-state index in [0.29, 0.717) is 0 Å². The summed E-state index contributed by atoms with van der Waals surface area (Å²) < 4.78 is 0. The number of rotatable bonds is 4. The Labute approximate surface area is 74.2 Å². The van der Waals surface area contributed by atoms with Crippen LogP contribution in [0.2, 0.25) is 0 Å². The molecule has 0 amide bonds. The van der Waals surface area contributed by atoms with Crippen molar-refractivity contribution < 1.29 is 5.11 Å². The summed E-state index contributed by atoms with van der Waals surface area (Å²) in [6, 6.07) is 0. The van der Waals surface area contributed by atoms with Crippen LogP contribution in [0.4, 0.5) is 0 Å². The van der Waals surface area contributed by atoms with Crippen molar-refractivity contribution in [2.75, 3.05) is 19.7 Å². The number of likely N-dealkylation sites (N-methyl/N-ethyl adjacent to an activating group) is 1. The van der Waals surface area contributed by atoms with E-state index < -0.39 is 0 Å². The number of allylic oxidation sites excluding steroid dienone is 3. The molecule has 0 atom stereocenters. The Balaban J connectivity index is 2.52. The van der Waals surface area contributed by atoms with Gasteiger partial charge in [-0.1, -0.05) is 12.2 Å². The fraction of sp³-hybridized carbons (Fsp3) is 0.600. The fourth-order valence-corrected chi connectivity index (χ4v) is 1.42. The highest BCUT2D eigenvalue weighted by atomic mass is 16.3. The molecule has 0 aromatic rings. The van der Waals surface area contributed by atoms with Gasteiger partial charge in [-0.3, -0.25) is 0 Å². The third-order valence-corrected chi connectivity index (χ3v) is 2.09. The molecule has 0 heterocycles. The van der Waals surface area contributed by atoms with E-state index in [1.54, 1.807) is 0 Å². The van der Waals surface area contributed by atoms with Crippen molar-refractivity contribution in [2.24, 2.45) is 0 Å². The van der Waals surface area contributed by atoms with Crippen LogP contribution in [0, 0.1) is 0 Å². The molecule has 0 fully saturated rings. The van der Waals surface area contributed by atoms with Crippen molar-refractivity contribution in [1.29, 1.82) is 0 Å². The molecular formula is C10H17NO. The molecule has 2 heteroatoms. The largest absolute Gasteiger partial charge is 0.395 e. The summed E-state index contributed by atoms with van der Waals surface area (Å²) in [4.78, 5) is 2.19. The van der Waals surface area contributed by atoms with Crippen LogP contribution in [0.15, 0.2) is 23.9 Å². The zero-order valence-corrected chi connectivity index (χ0v) is 7.66. The number of nitrogens with zero attached hydrogens (tertiary/aromatic N) is 1. The fourth-order valence-electron chi connectivity index (χ4n) is 1.42. The Hall–Kier alpha value is -0.760. The van der Waals surface area contributed by atoms with Gasteiger partial charge in [0.05, 0.1) is 6.61 Å². The monoisotopic (exact) mass is 167 g/mol. The maximum atomic E-state index is 8.81. The van der Waals surface area contributed by atoms with Gasteiger partial charge in [0.25, 0.3) is 0 Å². The van der Waals surface area contributed by atoms with Crippen LogP contribution < -0.4 is 0 Å². The van der Waals surface area contributed by atoms with Gasteiger partial charge >= 0.3 is 0 Å². The molecule has 1 rings (SSSR count). The molecule has 0 aromatic heterocycles. The molecule has 1 N–H and O–H groups in total. The minimum atomic E-state index is 0.235. The van der Waals surface area contributed by atoms with Crippen LogP contribution >= 0.6 is 0 Å². The van der Waals surface area contributed by atoms with Crippen LogP contribution in [0.3, 0.4) is 0 Å². The highest BCUT2D eigenvalue weighted by molar-refractivity contribution is 5.20. The smallest absolute Gasteiger partial charge is 0.0606 e. The van der Waals surface area contributed by atoms with Crippen molar-refractivity contribution in [3.8, 4) is 0 Å². The van der Waals surface area contributed by atoms with Crippen LogP contribution in [0.25, 0.3) is 0 Å². The van der Waals surface area contributed by atoms with E-state index in [2.05, 4.69) is 30.1 Å². The number of hydrogen-bond donors (Lipinski definition) is 1. The molecule has 0 aliphatic heterocycles. The van der Waals surface area contributed by atoms with Gasteiger partial charge < -0.3 is 10.0 Å². The maximum Gasteiger partial charge on any atom is 0.0606 e. The highest BCUT2D eigenvalue weighted by Gasteiger charge is 2.04. The summed E-state index contributed by atoms with van der Waals surface area (Å²) >= 11 is 0. The van der Waals surface area contributed by atoms with E-state index >= 15 is 0 Å². The van der Waals surface area contributed by atoms with Gasteiger partial charge in [0.2, 0.25) is 0 Å². The normalized spacial score (nSPS) is 16.0. The number of aliphatic hydroxyl groups excluding tert-OH is 1. The summed E-state index contributed by atoms with van der Waals surface area (Å²) in [7, 11) is 0. The van der Waals surface area contributed by atoms with E-state index in [0.717, 1.165) is 25.9 Å². The molecule has 68 valence electrons. The minimum Gasteiger partial charge on any atom is -0.395 e. The number of hydrogen-bond acceptors (Lipinski definition) is 2. The predicted molar refractivity (Wildman–Crippen MR) is 50.8 cm³/mol. The Morgan fingerprint density at radius 3 is 2.83 bits per heavy atom. The van der Waals surface area contributed by atoms with Crippen LogP contribution in [-0.4, -0.2) is 29.7 Å². The molecular weight excluding hydrogens is 150 g/mol. The topological polar surface area (TPSA) is 23.5 Å². The van der Waals surface area contributed by atoms with E-state index in [-0.39, 0.29) is 6.61 Å². The summed E-state index contributed by atoms with van der Waals surface area (Å²) in [5.74, 6) is 0. The van der Waals surface area contributed by atoms with Crippen molar-refractivity contribution >= 4 is 0 Å². The average molecular weight is 167 g/mol. The molecule has 0 saturated carbocycles. The van der Waals surface area contributed by atoms with Gasteiger partial charge in [0.15, 0.2) is 0 Å².